The van der Waals surface area contributed by atoms with Gasteiger partial charge in [0.15, 0.2) is 0 Å². The Hall–Kier alpha value is 0.0700. The van der Waals surface area contributed by atoms with E-state index in [-0.39, 0.29) is 0 Å². The lowest BCUT2D eigenvalue weighted by Crippen LogP contribution is -2.41. The first-order chi connectivity index (χ1) is 6.77. The lowest BCUT2D eigenvalue weighted by Gasteiger charge is -2.33. The minimum Gasteiger partial charge on any atom is -0.314 e. The summed E-state index contributed by atoms with van der Waals surface area (Å²) in [6.07, 6.45) is 6.91. The molecule has 2 rings (SSSR count). The molecule has 14 heavy (non-hydrogen) atoms. The van der Waals surface area contributed by atoms with Crippen LogP contribution in [-0.4, -0.2) is 40.4 Å². The van der Waals surface area contributed by atoms with E-state index in [0.29, 0.717) is 0 Å². The minimum absolute atomic E-state index is 0.752. The monoisotopic (exact) mass is 216 g/mol. The second-order valence-electron chi connectivity index (χ2n) is 4.39. The Labute approximate surface area is 88.8 Å². The fourth-order valence-electron chi connectivity index (χ4n) is 2.65. The van der Waals surface area contributed by atoms with E-state index in [1.165, 1.54) is 32.2 Å². The van der Waals surface area contributed by atoms with Crippen molar-refractivity contribution in [2.75, 3.05) is 25.9 Å². The molecule has 0 aromatic rings. The zero-order valence-corrected chi connectivity index (χ0v) is 9.68. The number of hydrogen-bond acceptors (Lipinski definition) is 2. The van der Waals surface area contributed by atoms with Gasteiger partial charge in [0.25, 0.3) is 0 Å². The van der Waals surface area contributed by atoms with Crippen LogP contribution >= 0.6 is 0 Å². The first-order valence-corrected chi connectivity index (χ1v) is 7.11. The van der Waals surface area contributed by atoms with Crippen molar-refractivity contribution >= 4 is 11.0 Å². The predicted molar refractivity (Wildman–Crippen MR) is 59.4 cm³/mol. The van der Waals surface area contributed by atoms with E-state index in [4.69, 9.17) is 0 Å². The van der Waals surface area contributed by atoms with E-state index in [0.717, 1.165) is 25.0 Å². The Morgan fingerprint density at radius 1 is 1.29 bits per heavy atom. The van der Waals surface area contributed by atoms with Gasteiger partial charge in [-0.05, 0) is 38.1 Å². The molecule has 2 aliphatic rings. The quantitative estimate of drug-likeness (QED) is 0.738. The lowest BCUT2D eigenvalue weighted by atomic mass is 9.89. The van der Waals surface area contributed by atoms with Crippen molar-refractivity contribution in [2.24, 2.45) is 5.92 Å². The van der Waals surface area contributed by atoms with E-state index in [1.54, 1.807) is 6.26 Å². The molecular formula is C10H20N2OS. The molecule has 2 unspecified atom stereocenters. The molecule has 0 radical (unpaired) electrons. The summed E-state index contributed by atoms with van der Waals surface area (Å²) in [6.45, 7) is 3.24. The van der Waals surface area contributed by atoms with Crippen LogP contribution in [0.15, 0.2) is 0 Å². The largest absolute Gasteiger partial charge is 0.314 e. The maximum Gasteiger partial charge on any atom is 0.0910 e. The van der Waals surface area contributed by atoms with Crippen molar-refractivity contribution in [1.29, 1.82) is 0 Å². The van der Waals surface area contributed by atoms with Gasteiger partial charge in [0.2, 0.25) is 0 Å². The number of nitrogens with one attached hydrogen (secondary N) is 1. The van der Waals surface area contributed by atoms with E-state index in [1.807, 2.05) is 0 Å². The first kappa shape index (κ1) is 10.6. The van der Waals surface area contributed by atoms with Crippen LogP contribution in [0.5, 0.6) is 0 Å². The molecule has 0 aromatic heterocycles. The summed E-state index contributed by atoms with van der Waals surface area (Å²) in [5.41, 5.74) is 0. The zero-order valence-electron chi connectivity index (χ0n) is 8.87. The van der Waals surface area contributed by atoms with Gasteiger partial charge in [0.05, 0.1) is 11.0 Å². The molecule has 3 nitrogen and oxygen atoms in total. The van der Waals surface area contributed by atoms with Gasteiger partial charge >= 0.3 is 0 Å². The second-order valence-corrected chi connectivity index (χ2v) is 5.76. The first-order valence-electron chi connectivity index (χ1n) is 5.59. The van der Waals surface area contributed by atoms with Crippen LogP contribution in [0.3, 0.4) is 0 Å². The van der Waals surface area contributed by atoms with Gasteiger partial charge in [-0.2, -0.15) is 0 Å². The molecule has 0 amide bonds. The summed E-state index contributed by atoms with van der Waals surface area (Å²) in [7, 11) is -0.756. The number of piperidine rings is 1. The van der Waals surface area contributed by atoms with Crippen LogP contribution in [0.25, 0.3) is 0 Å². The van der Waals surface area contributed by atoms with Crippen molar-refractivity contribution < 1.29 is 4.21 Å². The molecule has 2 aliphatic heterocycles. The van der Waals surface area contributed by atoms with Crippen LogP contribution in [0.1, 0.15) is 25.7 Å². The van der Waals surface area contributed by atoms with Gasteiger partial charge in [-0.15, -0.1) is 0 Å². The standard InChI is InChI=1S/C10H20N2OS/c1-14(13)12-7-4-9(5-8-12)10-3-2-6-11-10/h9-11H,2-8H2,1H3. The zero-order chi connectivity index (χ0) is 9.97. The highest BCUT2D eigenvalue weighted by molar-refractivity contribution is 7.81. The molecule has 2 heterocycles. The highest BCUT2D eigenvalue weighted by Gasteiger charge is 2.28. The molecule has 2 fully saturated rings. The van der Waals surface area contributed by atoms with Crippen molar-refractivity contribution in [3.63, 3.8) is 0 Å². The Morgan fingerprint density at radius 3 is 2.50 bits per heavy atom. The Balaban J connectivity index is 1.80. The van der Waals surface area contributed by atoms with Gasteiger partial charge in [0, 0.05) is 25.4 Å². The molecule has 0 bridgehead atoms. The van der Waals surface area contributed by atoms with E-state index in [9.17, 15) is 4.21 Å². The molecule has 82 valence electrons. The predicted octanol–water partition coefficient (Wildman–Crippen LogP) is 0.744. The fraction of sp³-hybridized carbons (Fsp3) is 1.00. The van der Waals surface area contributed by atoms with E-state index >= 15 is 0 Å². The van der Waals surface area contributed by atoms with Gasteiger partial charge in [-0.3, -0.25) is 0 Å². The molecule has 2 atom stereocenters. The number of hydrogen-bond donors (Lipinski definition) is 1. The summed E-state index contributed by atoms with van der Waals surface area (Å²) in [4.78, 5) is 0. The van der Waals surface area contributed by atoms with Gasteiger partial charge in [0.1, 0.15) is 0 Å². The Kier molecular flexibility index (Phi) is 3.57. The molecule has 0 saturated carbocycles. The average molecular weight is 216 g/mol. The van der Waals surface area contributed by atoms with E-state index in [2.05, 4.69) is 9.62 Å². The Bertz CT molecular complexity index is 208. The molecule has 1 N–H and O–H groups in total. The Morgan fingerprint density at radius 2 is 2.00 bits per heavy atom. The van der Waals surface area contributed by atoms with Gasteiger partial charge < -0.3 is 5.32 Å². The summed E-state index contributed by atoms with van der Waals surface area (Å²) < 4.78 is 13.3. The summed E-state index contributed by atoms with van der Waals surface area (Å²) in [5.74, 6) is 0.831. The average Bonchev–Trinajstić information content (AvgIpc) is 2.71. The molecule has 2 saturated heterocycles. The third-order valence-corrected chi connectivity index (χ3v) is 4.62. The van der Waals surface area contributed by atoms with Crippen molar-refractivity contribution in [2.45, 2.75) is 31.7 Å². The van der Waals surface area contributed by atoms with Crippen LogP contribution in [0, 0.1) is 5.92 Å². The molecule has 0 spiro atoms. The normalized spacial score (nSPS) is 33.4. The van der Waals surface area contributed by atoms with E-state index < -0.39 is 11.0 Å². The molecule has 4 heteroatoms. The maximum absolute atomic E-state index is 11.2. The second kappa shape index (κ2) is 4.73. The summed E-state index contributed by atoms with van der Waals surface area (Å²) >= 11 is 0. The maximum atomic E-state index is 11.2. The molecular weight excluding hydrogens is 196 g/mol. The van der Waals surface area contributed by atoms with Gasteiger partial charge in [-0.1, -0.05) is 0 Å². The van der Waals surface area contributed by atoms with Crippen LogP contribution in [-0.2, 0) is 11.0 Å². The molecule has 0 aliphatic carbocycles. The number of nitrogens with zero attached hydrogens (tertiary/aromatic N) is 1. The summed E-state index contributed by atoms with van der Waals surface area (Å²) in [5, 5.41) is 3.58. The van der Waals surface area contributed by atoms with Crippen LogP contribution in [0.2, 0.25) is 0 Å². The van der Waals surface area contributed by atoms with Crippen molar-refractivity contribution in [3.05, 3.63) is 0 Å². The smallest absolute Gasteiger partial charge is 0.0910 e. The highest BCUT2D eigenvalue weighted by Crippen LogP contribution is 2.25. The van der Waals surface area contributed by atoms with Crippen LogP contribution < -0.4 is 5.32 Å². The van der Waals surface area contributed by atoms with Gasteiger partial charge in [-0.25, -0.2) is 8.51 Å². The highest BCUT2D eigenvalue weighted by atomic mass is 32.2. The molecule has 0 aromatic carbocycles. The van der Waals surface area contributed by atoms with Crippen molar-refractivity contribution in [3.8, 4) is 0 Å². The fourth-order valence-corrected chi connectivity index (χ4v) is 3.37. The summed E-state index contributed by atoms with van der Waals surface area (Å²) in [6, 6.07) is 0.752. The lowest BCUT2D eigenvalue weighted by molar-refractivity contribution is 0.241. The third kappa shape index (κ3) is 2.35. The van der Waals surface area contributed by atoms with Crippen molar-refractivity contribution in [1.82, 2.24) is 9.62 Å². The van der Waals surface area contributed by atoms with Crippen LogP contribution in [0.4, 0.5) is 0 Å². The number of rotatable bonds is 2. The third-order valence-electron chi connectivity index (χ3n) is 3.53. The SMILES string of the molecule is CS(=O)N1CCC(C2CCCN2)CC1. The minimum atomic E-state index is -0.756. The topological polar surface area (TPSA) is 32.3 Å².